The average Bonchev–Trinajstić information content (AvgIpc) is 3.09. The molecule has 0 aliphatic carbocycles. The number of aliphatic carboxylic acids is 1. The molecule has 3 rings (SSSR count). The molecule has 0 radical (unpaired) electrons. The largest absolute Gasteiger partial charge is 0.477 e. The molecule has 0 aromatic carbocycles. The van der Waals surface area contributed by atoms with Crippen molar-refractivity contribution in [2.45, 2.75) is 11.4 Å². The number of thiol groups is 1. The van der Waals surface area contributed by atoms with Crippen molar-refractivity contribution in [3.63, 3.8) is 0 Å². The number of thiazole rings is 1. The first-order valence-electron chi connectivity index (χ1n) is 8.82. The van der Waals surface area contributed by atoms with Gasteiger partial charge in [-0.3, -0.25) is 14.5 Å². The number of carboxylic acids is 1. The second-order valence-corrected chi connectivity index (χ2v) is 7.69. The van der Waals surface area contributed by atoms with Gasteiger partial charge >= 0.3 is 5.97 Å². The molecule has 1 aromatic heterocycles. The summed E-state index contributed by atoms with van der Waals surface area (Å²) in [4.78, 5) is 46.2. The molecule has 144 valence electrons. The Labute approximate surface area is 171 Å². The quantitative estimate of drug-likeness (QED) is 0.208. The highest BCUT2D eigenvalue weighted by Crippen LogP contribution is 2.40. The number of hydrogen-bond donors (Lipinski definition) is 4. The van der Waals surface area contributed by atoms with Crippen LogP contribution in [0.1, 0.15) is 9.81 Å². The zero-order valence-electron chi connectivity index (χ0n) is 16.4. The number of nitrogens with zero attached hydrogens (tertiary/aromatic N) is 3. The summed E-state index contributed by atoms with van der Waals surface area (Å²) in [6.07, 6.45) is 0. The number of nitrogens with two attached hydrogens (primary N) is 1. The summed E-state index contributed by atoms with van der Waals surface area (Å²) in [7, 11) is -2.90. The molecule has 0 saturated carbocycles. The smallest absolute Gasteiger partial charge is 0.352 e. The lowest BCUT2D eigenvalue weighted by atomic mass is 10.0. The summed E-state index contributed by atoms with van der Waals surface area (Å²) < 4.78 is 21.2. The van der Waals surface area contributed by atoms with E-state index in [2.05, 4.69) is 32.9 Å². The predicted octanol–water partition coefficient (Wildman–Crippen LogP) is -0.256. The Morgan fingerprint density at radius 2 is 2.44 bits per heavy atom. The van der Waals surface area contributed by atoms with Gasteiger partial charge in [-0.2, -0.15) is 12.6 Å². The lowest BCUT2D eigenvalue weighted by Crippen LogP contribution is -2.71. The number of carbonyl (C=O) groups is 3. The van der Waals surface area contributed by atoms with Gasteiger partial charge in [0, 0.05) is 16.9 Å². The molecule has 1 fully saturated rings. The molecule has 0 unspecified atom stereocenters. The molecule has 2 aliphatic heterocycles. The van der Waals surface area contributed by atoms with E-state index in [1.54, 1.807) is 0 Å². The van der Waals surface area contributed by atoms with Gasteiger partial charge in [-0.25, -0.2) is 9.78 Å². The molecule has 2 atom stereocenters. The third-order valence-corrected chi connectivity index (χ3v) is 6.24. The van der Waals surface area contributed by atoms with E-state index < -0.39 is 41.9 Å². The molecule has 10 nitrogen and oxygen atoms in total. The van der Waals surface area contributed by atoms with Gasteiger partial charge in [0.25, 0.3) is 11.8 Å². The molecule has 3 heterocycles. The molecular weight excluding hydrogens is 414 g/mol. The number of carbonyl (C=O) groups excluding carboxylic acids is 2. The monoisotopic (exact) mass is 432 g/mol. The minimum atomic E-state index is -2.90. The van der Waals surface area contributed by atoms with E-state index in [1.807, 2.05) is 0 Å². The number of nitrogens with one attached hydrogen (secondary N) is 1. The molecular formula is C14H15N5O5S3. The summed E-state index contributed by atoms with van der Waals surface area (Å²) >= 11 is 6.38. The first kappa shape index (κ1) is 15.8. The lowest BCUT2D eigenvalue weighted by Gasteiger charge is -2.49. The molecule has 1 aromatic rings. The van der Waals surface area contributed by atoms with Crippen LogP contribution in [0.4, 0.5) is 5.13 Å². The van der Waals surface area contributed by atoms with Crippen molar-refractivity contribution in [2.75, 3.05) is 24.3 Å². The predicted molar refractivity (Wildman–Crippen MR) is 104 cm³/mol. The Bertz CT molecular complexity index is 963. The average molecular weight is 433 g/mol. The van der Waals surface area contributed by atoms with Crippen LogP contribution < -0.4 is 11.1 Å². The maximum atomic E-state index is 12.7. The highest BCUT2D eigenvalue weighted by Gasteiger charge is 2.54. The minimum absolute atomic E-state index is 0.0253. The molecule has 0 spiro atoms. The Hall–Kier alpha value is -2.25. The number of hydrogen-bond acceptors (Lipinski definition) is 10. The van der Waals surface area contributed by atoms with Gasteiger partial charge in [-0.05, 0) is 5.57 Å². The molecule has 2 aliphatic rings. The zero-order valence-corrected chi connectivity index (χ0v) is 15.9. The van der Waals surface area contributed by atoms with E-state index in [-0.39, 0.29) is 22.3 Å². The highest BCUT2D eigenvalue weighted by atomic mass is 32.2. The van der Waals surface area contributed by atoms with Crippen LogP contribution in [0.2, 0.25) is 0 Å². The van der Waals surface area contributed by atoms with Crippen molar-refractivity contribution in [3.05, 3.63) is 22.3 Å². The van der Waals surface area contributed by atoms with Gasteiger partial charge in [-0.15, -0.1) is 23.1 Å². The van der Waals surface area contributed by atoms with Gasteiger partial charge < -0.3 is 21.0 Å². The summed E-state index contributed by atoms with van der Waals surface area (Å²) in [5.74, 6) is -2.28. The summed E-state index contributed by atoms with van der Waals surface area (Å²) in [5, 5.41) is 16.1. The van der Waals surface area contributed by atoms with Crippen LogP contribution >= 0.6 is 35.7 Å². The number of anilines is 1. The fourth-order valence-electron chi connectivity index (χ4n) is 2.66. The number of carboxylic acid groups (broad SMARTS) is 1. The fraction of sp³-hybridized carbons (Fsp3) is 0.357. The van der Waals surface area contributed by atoms with E-state index >= 15 is 0 Å². The van der Waals surface area contributed by atoms with E-state index in [0.717, 1.165) is 16.2 Å². The van der Waals surface area contributed by atoms with Crippen LogP contribution in [-0.4, -0.2) is 68.4 Å². The first-order valence-corrected chi connectivity index (χ1v) is 9.89. The number of aromatic nitrogens is 1. The number of nitrogen functional groups attached to an aromatic ring is 1. The Balaban J connectivity index is 1.81. The summed E-state index contributed by atoms with van der Waals surface area (Å²) in [6.45, 7) is 0. The second kappa shape index (κ2) is 7.78. The Morgan fingerprint density at radius 3 is 3.04 bits per heavy atom. The number of oxime groups is 1. The molecule has 4 N–H and O–H groups in total. The molecule has 13 heteroatoms. The number of thioether (sulfide) groups is 1. The summed E-state index contributed by atoms with van der Waals surface area (Å²) in [6, 6.07) is -1.03. The van der Waals surface area contributed by atoms with Crippen molar-refractivity contribution in [2.24, 2.45) is 5.16 Å². The highest BCUT2D eigenvalue weighted by molar-refractivity contribution is 8.00. The Kier molecular flexibility index (Phi) is 4.54. The van der Waals surface area contributed by atoms with Gasteiger partial charge in [0.1, 0.15) is 29.8 Å². The fourth-order valence-corrected chi connectivity index (χ4v) is 4.97. The normalized spacial score (nSPS) is 24.3. The standard InChI is InChI=1S/C14H15N5O5S3/c1-24-18-7(6-4-27-14(15)16-6)10(20)17-8-11(21)19-9(13(22)23)5(2-25)3-26-12(8)19/h4,8,12,25H,2-3H2,1H3,(H2,15,16)(H,17,20)(H,22,23)/b18-7+/t8-,12-/m1/s1/i1D3. The van der Waals surface area contributed by atoms with Crippen LogP contribution in [0.25, 0.3) is 0 Å². The van der Waals surface area contributed by atoms with Crippen LogP contribution in [0, 0.1) is 0 Å². The Morgan fingerprint density at radius 1 is 1.67 bits per heavy atom. The van der Waals surface area contributed by atoms with Crippen molar-refractivity contribution in [1.82, 2.24) is 15.2 Å². The third kappa shape index (κ3) is 3.49. The van der Waals surface area contributed by atoms with E-state index in [4.69, 9.17) is 9.85 Å². The maximum absolute atomic E-state index is 12.7. The molecule has 1 saturated heterocycles. The summed E-state index contributed by atoms with van der Waals surface area (Å²) in [5.41, 5.74) is 5.41. The van der Waals surface area contributed by atoms with E-state index in [1.165, 1.54) is 17.1 Å². The molecule has 2 amide bonds. The van der Waals surface area contributed by atoms with Gasteiger partial charge in [0.2, 0.25) is 0 Å². The van der Waals surface area contributed by atoms with Crippen LogP contribution in [-0.2, 0) is 19.2 Å². The van der Waals surface area contributed by atoms with Crippen molar-refractivity contribution in [1.29, 1.82) is 0 Å². The lowest BCUT2D eigenvalue weighted by molar-refractivity contribution is -0.150. The molecule has 0 bridgehead atoms. The maximum Gasteiger partial charge on any atom is 0.352 e. The first-order chi connectivity index (χ1) is 14.0. The van der Waals surface area contributed by atoms with E-state index in [9.17, 15) is 19.5 Å². The number of rotatable bonds is 6. The van der Waals surface area contributed by atoms with Crippen LogP contribution in [0.3, 0.4) is 0 Å². The van der Waals surface area contributed by atoms with Gasteiger partial charge in [0.05, 0.1) is 4.11 Å². The second-order valence-electron chi connectivity index (χ2n) is 5.38. The van der Waals surface area contributed by atoms with Gasteiger partial charge in [0.15, 0.2) is 10.8 Å². The molecule has 27 heavy (non-hydrogen) atoms. The van der Waals surface area contributed by atoms with Crippen molar-refractivity contribution in [3.8, 4) is 0 Å². The zero-order chi connectivity index (χ0) is 22.2. The van der Waals surface area contributed by atoms with E-state index in [0.29, 0.717) is 11.3 Å². The minimum Gasteiger partial charge on any atom is -0.477 e. The van der Waals surface area contributed by atoms with Crippen molar-refractivity contribution >= 4 is 64.4 Å². The number of amides is 2. The number of fused-ring (bicyclic) bond motifs is 1. The topological polar surface area (TPSA) is 147 Å². The van der Waals surface area contributed by atoms with Crippen molar-refractivity contribution < 1.29 is 28.4 Å². The van der Waals surface area contributed by atoms with Crippen LogP contribution in [0.5, 0.6) is 0 Å². The SMILES string of the molecule is [2H]C([2H])([2H])O/N=C(/C(=O)N[C@@H]1C(=O)N2C(C(=O)O)=C(CS)CS[C@H]12)c1csc(N)n1. The number of β-lactam (4-membered cyclic amide) rings is 1. The van der Waals surface area contributed by atoms with Gasteiger partial charge in [-0.1, -0.05) is 5.16 Å². The van der Waals surface area contributed by atoms with Crippen LogP contribution in [0.15, 0.2) is 21.8 Å². The third-order valence-electron chi connectivity index (χ3n) is 3.84.